The van der Waals surface area contributed by atoms with Gasteiger partial charge in [0.2, 0.25) is 5.13 Å². The third kappa shape index (κ3) is 2.25. The number of ketones is 1. The molecular formula is C19H15N3O2S. The lowest BCUT2D eigenvalue weighted by atomic mass is 9.84. The summed E-state index contributed by atoms with van der Waals surface area (Å²) in [5.41, 5.74) is 3.42. The zero-order valence-electron chi connectivity index (χ0n) is 13.6. The number of aryl methyl sites for hydroxylation is 1. The maximum Gasteiger partial charge on any atom is 0.211 e. The Morgan fingerprint density at radius 2 is 2.08 bits per heavy atom. The smallest absolute Gasteiger partial charge is 0.211 e. The predicted octanol–water partition coefficient (Wildman–Crippen LogP) is 4.30. The largest absolute Gasteiger partial charge is 0.469 e. The second kappa shape index (κ2) is 5.39. The lowest BCUT2D eigenvalue weighted by molar-refractivity contribution is 0.0959. The van der Waals surface area contributed by atoms with Gasteiger partial charge in [0.05, 0.1) is 33.4 Å². The lowest BCUT2D eigenvalue weighted by Gasteiger charge is -2.20. The topological polar surface area (TPSA) is 60.9 Å². The Hall–Kier alpha value is -2.73. The SMILES string of the molecule is Cc1nn(-c2nc3ccccc3s2)c2c1C(=O)C[C@H](c1ccco1)C2. The summed E-state index contributed by atoms with van der Waals surface area (Å²) in [4.78, 5) is 17.4. The van der Waals surface area contributed by atoms with E-state index in [1.807, 2.05) is 41.9 Å². The number of carbonyl (C=O) groups excluding carboxylic acids is 1. The fraction of sp³-hybridized carbons (Fsp3) is 0.211. The van der Waals surface area contributed by atoms with Crippen molar-refractivity contribution in [2.24, 2.45) is 0 Å². The van der Waals surface area contributed by atoms with Crippen molar-refractivity contribution in [1.82, 2.24) is 14.8 Å². The van der Waals surface area contributed by atoms with Gasteiger partial charge in [0.1, 0.15) is 5.76 Å². The molecular weight excluding hydrogens is 334 g/mol. The molecule has 0 bridgehead atoms. The number of hydrogen-bond donors (Lipinski definition) is 0. The van der Waals surface area contributed by atoms with Crippen LogP contribution in [0.5, 0.6) is 0 Å². The van der Waals surface area contributed by atoms with Crippen LogP contribution >= 0.6 is 11.3 Å². The number of benzene rings is 1. The molecule has 3 heterocycles. The highest BCUT2D eigenvalue weighted by molar-refractivity contribution is 7.20. The molecule has 1 aliphatic carbocycles. The predicted molar refractivity (Wildman–Crippen MR) is 95.6 cm³/mol. The normalized spacial score (nSPS) is 17.2. The second-order valence-corrected chi connectivity index (χ2v) is 7.34. The minimum atomic E-state index is 0.0548. The quantitative estimate of drug-likeness (QED) is 0.541. The van der Waals surface area contributed by atoms with E-state index in [2.05, 4.69) is 11.2 Å². The Bertz CT molecular complexity index is 1060. The Morgan fingerprint density at radius 3 is 2.88 bits per heavy atom. The molecule has 1 aliphatic rings. The van der Waals surface area contributed by atoms with Gasteiger partial charge in [-0.2, -0.15) is 5.10 Å². The van der Waals surface area contributed by atoms with Gasteiger partial charge < -0.3 is 4.42 Å². The van der Waals surface area contributed by atoms with Gasteiger partial charge in [-0.1, -0.05) is 23.5 Å². The number of thiazole rings is 1. The first-order valence-electron chi connectivity index (χ1n) is 8.22. The molecule has 25 heavy (non-hydrogen) atoms. The number of carbonyl (C=O) groups is 1. The summed E-state index contributed by atoms with van der Waals surface area (Å²) < 4.78 is 8.51. The van der Waals surface area contributed by atoms with Gasteiger partial charge in [0, 0.05) is 18.8 Å². The van der Waals surface area contributed by atoms with Crippen LogP contribution in [0.4, 0.5) is 0 Å². The van der Waals surface area contributed by atoms with E-state index in [-0.39, 0.29) is 11.7 Å². The zero-order chi connectivity index (χ0) is 17.0. The van der Waals surface area contributed by atoms with Crippen LogP contribution in [-0.4, -0.2) is 20.5 Å². The van der Waals surface area contributed by atoms with Crippen molar-refractivity contribution in [2.75, 3.05) is 0 Å². The van der Waals surface area contributed by atoms with E-state index in [1.54, 1.807) is 17.6 Å². The van der Waals surface area contributed by atoms with Crippen molar-refractivity contribution in [3.8, 4) is 5.13 Å². The van der Waals surface area contributed by atoms with E-state index < -0.39 is 0 Å². The van der Waals surface area contributed by atoms with Crippen LogP contribution < -0.4 is 0 Å². The fourth-order valence-electron chi connectivity index (χ4n) is 3.59. The van der Waals surface area contributed by atoms with Crippen LogP contribution in [0.3, 0.4) is 0 Å². The van der Waals surface area contributed by atoms with Crippen molar-refractivity contribution >= 4 is 27.3 Å². The zero-order valence-corrected chi connectivity index (χ0v) is 14.4. The molecule has 124 valence electrons. The summed E-state index contributed by atoms with van der Waals surface area (Å²) in [5, 5.41) is 5.44. The maximum atomic E-state index is 12.7. The molecule has 5 nitrogen and oxygen atoms in total. The summed E-state index contributed by atoms with van der Waals surface area (Å²) in [6.07, 6.45) is 2.85. The molecule has 3 aromatic heterocycles. The Morgan fingerprint density at radius 1 is 1.20 bits per heavy atom. The molecule has 0 amide bonds. The highest BCUT2D eigenvalue weighted by Crippen LogP contribution is 2.36. The van der Waals surface area contributed by atoms with E-state index >= 15 is 0 Å². The molecule has 0 N–H and O–H groups in total. The van der Waals surface area contributed by atoms with E-state index in [0.717, 1.165) is 44.5 Å². The van der Waals surface area contributed by atoms with Crippen molar-refractivity contribution in [3.05, 3.63) is 65.4 Å². The fourth-order valence-corrected chi connectivity index (χ4v) is 4.53. The monoisotopic (exact) mass is 349 g/mol. The van der Waals surface area contributed by atoms with Crippen molar-refractivity contribution in [2.45, 2.75) is 25.7 Å². The summed E-state index contributed by atoms with van der Waals surface area (Å²) in [6, 6.07) is 11.8. The third-order valence-electron chi connectivity index (χ3n) is 4.72. The summed E-state index contributed by atoms with van der Waals surface area (Å²) in [5.74, 6) is 1.04. The number of para-hydroxylation sites is 1. The number of fused-ring (bicyclic) bond motifs is 2. The Balaban J connectivity index is 1.65. The number of Topliss-reactive ketones (excluding diaryl/α,β-unsaturated/α-hetero) is 1. The van der Waals surface area contributed by atoms with Gasteiger partial charge in [-0.05, 0) is 31.2 Å². The molecule has 0 saturated heterocycles. The number of hydrogen-bond acceptors (Lipinski definition) is 5. The molecule has 4 aromatic rings. The molecule has 0 aliphatic heterocycles. The average Bonchev–Trinajstić information content (AvgIpc) is 3.32. The van der Waals surface area contributed by atoms with Gasteiger partial charge in [-0.15, -0.1) is 0 Å². The molecule has 6 heteroatoms. The molecule has 0 saturated carbocycles. The first-order chi connectivity index (χ1) is 12.2. The molecule has 0 radical (unpaired) electrons. The molecule has 1 atom stereocenters. The average molecular weight is 349 g/mol. The Kier molecular flexibility index (Phi) is 3.15. The van der Waals surface area contributed by atoms with Gasteiger partial charge >= 0.3 is 0 Å². The van der Waals surface area contributed by atoms with Gasteiger partial charge in [-0.25, -0.2) is 9.67 Å². The van der Waals surface area contributed by atoms with Crippen molar-refractivity contribution in [3.63, 3.8) is 0 Å². The molecule has 1 aromatic carbocycles. The number of furan rings is 1. The van der Waals surface area contributed by atoms with Gasteiger partial charge in [0.15, 0.2) is 5.78 Å². The van der Waals surface area contributed by atoms with Crippen LogP contribution in [0.2, 0.25) is 0 Å². The lowest BCUT2D eigenvalue weighted by Crippen LogP contribution is -2.20. The van der Waals surface area contributed by atoms with Gasteiger partial charge in [-0.3, -0.25) is 4.79 Å². The standard InChI is InChI=1S/C19H15N3O2S/c1-11-18-14(9-12(10-15(18)23)16-6-4-8-24-16)22(21-11)19-20-13-5-2-3-7-17(13)25-19/h2-8,12H,9-10H2,1H3/t12-/m1/s1. The first kappa shape index (κ1) is 14.6. The molecule has 5 rings (SSSR count). The van der Waals surface area contributed by atoms with Crippen LogP contribution in [0.15, 0.2) is 47.1 Å². The molecule has 0 unspecified atom stereocenters. The minimum Gasteiger partial charge on any atom is -0.469 e. The summed E-state index contributed by atoms with van der Waals surface area (Å²) in [7, 11) is 0. The Labute approximate surface area is 147 Å². The van der Waals surface area contributed by atoms with Crippen LogP contribution in [-0.2, 0) is 6.42 Å². The number of aromatic nitrogens is 3. The van der Waals surface area contributed by atoms with Crippen LogP contribution in [0.25, 0.3) is 15.3 Å². The first-order valence-corrected chi connectivity index (χ1v) is 9.03. The van der Waals surface area contributed by atoms with Gasteiger partial charge in [0.25, 0.3) is 0 Å². The highest BCUT2D eigenvalue weighted by Gasteiger charge is 2.33. The van der Waals surface area contributed by atoms with Crippen LogP contribution in [0, 0.1) is 6.92 Å². The van der Waals surface area contributed by atoms with Crippen molar-refractivity contribution in [1.29, 1.82) is 0 Å². The van der Waals surface area contributed by atoms with Crippen LogP contribution in [0.1, 0.15) is 39.8 Å². The van der Waals surface area contributed by atoms with E-state index in [1.165, 1.54) is 0 Å². The molecule has 0 spiro atoms. The minimum absolute atomic E-state index is 0.0548. The van der Waals surface area contributed by atoms with E-state index in [0.29, 0.717) is 6.42 Å². The highest BCUT2D eigenvalue weighted by atomic mass is 32.1. The number of nitrogens with zero attached hydrogens (tertiary/aromatic N) is 3. The second-order valence-electron chi connectivity index (χ2n) is 6.33. The molecule has 0 fully saturated rings. The maximum absolute atomic E-state index is 12.7. The van der Waals surface area contributed by atoms with Crippen molar-refractivity contribution < 1.29 is 9.21 Å². The summed E-state index contributed by atoms with van der Waals surface area (Å²) >= 11 is 1.59. The van der Waals surface area contributed by atoms with E-state index in [9.17, 15) is 4.79 Å². The summed E-state index contributed by atoms with van der Waals surface area (Å²) in [6.45, 7) is 1.90. The number of rotatable bonds is 2. The van der Waals surface area contributed by atoms with E-state index in [4.69, 9.17) is 9.40 Å². The third-order valence-corrected chi connectivity index (χ3v) is 5.73.